The lowest BCUT2D eigenvalue weighted by Gasteiger charge is -2.42. The van der Waals surface area contributed by atoms with Crippen molar-refractivity contribution in [2.45, 2.75) is 25.9 Å². The standard InChI is InChI=1S/C15H16FIN6O2/c1-6-4-22-8(5-21(6)3)14(24)19-11-9-12(22)20-15(25)23(17)13(9)18-7(2)10(11)16/h6,8H,4-5H2,1-3H3,(H,19,24). The fraction of sp³-hybridized carbons (Fsp3) is 0.467. The molecule has 0 aliphatic carbocycles. The first-order valence-corrected chi connectivity index (χ1v) is 8.82. The number of hydrogen-bond donors (Lipinski definition) is 1. The van der Waals surface area contributed by atoms with Crippen LogP contribution in [0.4, 0.5) is 15.9 Å². The van der Waals surface area contributed by atoms with Crippen LogP contribution in [0.15, 0.2) is 4.79 Å². The van der Waals surface area contributed by atoms with Gasteiger partial charge in [0.05, 0.1) is 39.6 Å². The number of likely N-dealkylation sites (N-methyl/N-ethyl adjacent to an activating group) is 1. The van der Waals surface area contributed by atoms with E-state index < -0.39 is 17.5 Å². The van der Waals surface area contributed by atoms with Gasteiger partial charge in [-0.05, 0) is 20.9 Å². The van der Waals surface area contributed by atoms with Crippen molar-refractivity contribution in [2.24, 2.45) is 0 Å². The fourth-order valence-electron chi connectivity index (χ4n) is 3.39. The molecule has 132 valence electrons. The number of aryl methyl sites for hydroxylation is 1. The van der Waals surface area contributed by atoms with Crippen LogP contribution in [0.1, 0.15) is 12.6 Å². The minimum atomic E-state index is -0.597. The number of halogens is 2. The van der Waals surface area contributed by atoms with E-state index in [-0.39, 0.29) is 23.3 Å². The minimum absolute atomic E-state index is 0.0464. The third kappa shape index (κ3) is 2.34. The number of hydrogen-bond acceptors (Lipinski definition) is 6. The van der Waals surface area contributed by atoms with E-state index in [4.69, 9.17) is 0 Å². The van der Waals surface area contributed by atoms with Crippen molar-refractivity contribution in [1.82, 2.24) is 17.6 Å². The lowest BCUT2D eigenvalue weighted by molar-refractivity contribution is -0.118. The second kappa shape index (κ2) is 5.59. The minimum Gasteiger partial charge on any atom is -0.341 e. The highest BCUT2D eigenvalue weighted by atomic mass is 127. The van der Waals surface area contributed by atoms with Gasteiger partial charge < -0.3 is 10.2 Å². The lowest BCUT2D eigenvalue weighted by Crippen LogP contribution is -2.60. The molecule has 0 spiro atoms. The average Bonchev–Trinajstić information content (AvgIpc) is 2.67. The summed E-state index contributed by atoms with van der Waals surface area (Å²) in [6.07, 6.45) is 0. The largest absolute Gasteiger partial charge is 0.360 e. The zero-order chi connectivity index (χ0) is 18.0. The van der Waals surface area contributed by atoms with Crippen LogP contribution in [0.3, 0.4) is 0 Å². The first kappa shape index (κ1) is 16.6. The Labute approximate surface area is 156 Å². The van der Waals surface area contributed by atoms with Crippen LogP contribution in [-0.4, -0.2) is 55.8 Å². The third-order valence-electron chi connectivity index (χ3n) is 4.94. The van der Waals surface area contributed by atoms with E-state index in [1.807, 2.05) is 14.0 Å². The first-order valence-electron chi connectivity index (χ1n) is 7.86. The maximum absolute atomic E-state index is 14.7. The summed E-state index contributed by atoms with van der Waals surface area (Å²) in [4.78, 5) is 37.3. The molecule has 2 aliphatic heterocycles. The number of anilines is 2. The molecule has 4 rings (SSSR count). The Morgan fingerprint density at radius 3 is 2.72 bits per heavy atom. The molecular formula is C15H16FIN6O2. The molecule has 2 unspecified atom stereocenters. The molecule has 1 saturated heterocycles. The van der Waals surface area contributed by atoms with Gasteiger partial charge in [-0.15, -0.1) is 0 Å². The Bertz CT molecular complexity index is 977. The van der Waals surface area contributed by atoms with Gasteiger partial charge >= 0.3 is 5.69 Å². The number of nitrogens with one attached hydrogen (secondary N) is 1. The van der Waals surface area contributed by atoms with Gasteiger partial charge in [-0.1, -0.05) is 0 Å². The molecule has 2 aromatic heterocycles. The fourth-order valence-corrected chi connectivity index (χ4v) is 3.85. The van der Waals surface area contributed by atoms with Crippen molar-refractivity contribution >= 4 is 51.3 Å². The number of amides is 1. The van der Waals surface area contributed by atoms with E-state index in [0.29, 0.717) is 29.9 Å². The summed E-state index contributed by atoms with van der Waals surface area (Å²) < 4.78 is 16.0. The maximum atomic E-state index is 14.7. The number of carbonyl (C=O) groups excluding carboxylic acids is 1. The number of nitrogens with zero attached hydrogens (tertiary/aromatic N) is 5. The van der Waals surface area contributed by atoms with Gasteiger partial charge in [-0.25, -0.2) is 16.9 Å². The van der Waals surface area contributed by atoms with Crippen molar-refractivity contribution < 1.29 is 9.18 Å². The molecular weight excluding hydrogens is 442 g/mol. The van der Waals surface area contributed by atoms with Gasteiger partial charge in [0.25, 0.3) is 0 Å². The molecule has 1 amide bonds. The Morgan fingerprint density at radius 2 is 2.00 bits per heavy atom. The smallest absolute Gasteiger partial charge is 0.341 e. The lowest BCUT2D eigenvalue weighted by atomic mass is 10.1. The second-order valence-corrected chi connectivity index (χ2v) is 7.49. The number of rotatable bonds is 0. The van der Waals surface area contributed by atoms with E-state index in [1.165, 1.54) is 9.70 Å². The highest BCUT2D eigenvalue weighted by Crippen LogP contribution is 2.37. The topological polar surface area (TPSA) is 83.4 Å². The van der Waals surface area contributed by atoms with Crippen LogP contribution in [0, 0.1) is 12.7 Å². The summed E-state index contributed by atoms with van der Waals surface area (Å²) in [6, 6.07) is -0.388. The van der Waals surface area contributed by atoms with Crippen molar-refractivity contribution in [3.05, 3.63) is 22.0 Å². The monoisotopic (exact) mass is 458 g/mol. The normalized spacial score (nSPS) is 23.4. The number of aromatic nitrogens is 3. The molecule has 2 aromatic rings. The zero-order valence-corrected chi connectivity index (χ0v) is 16.0. The van der Waals surface area contributed by atoms with Gasteiger partial charge in [0.15, 0.2) is 11.5 Å². The molecule has 1 N–H and O–H groups in total. The van der Waals surface area contributed by atoms with E-state index in [2.05, 4.69) is 20.2 Å². The van der Waals surface area contributed by atoms with E-state index in [9.17, 15) is 14.0 Å². The van der Waals surface area contributed by atoms with Crippen molar-refractivity contribution in [1.29, 1.82) is 0 Å². The number of piperazine rings is 1. The predicted molar refractivity (Wildman–Crippen MR) is 99.8 cm³/mol. The molecule has 10 heteroatoms. The summed E-state index contributed by atoms with van der Waals surface area (Å²) in [5, 5.41) is 3.06. The summed E-state index contributed by atoms with van der Waals surface area (Å²) in [5.41, 5.74) is -0.0236. The Morgan fingerprint density at radius 1 is 1.28 bits per heavy atom. The molecule has 25 heavy (non-hydrogen) atoms. The third-order valence-corrected chi connectivity index (χ3v) is 5.81. The molecule has 0 bridgehead atoms. The zero-order valence-electron chi connectivity index (χ0n) is 13.9. The second-order valence-electron chi connectivity index (χ2n) is 6.53. The molecule has 0 aromatic carbocycles. The Hall–Kier alpha value is -1.82. The van der Waals surface area contributed by atoms with Gasteiger partial charge in [0.1, 0.15) is 11.9 Å². The van der Waals surface area contributed by atoms with Gasteiger partial charge in [-0.3, -0.25) is 9.69 Å². The quantitative estimate of drug-likeness (QED) is 0.591. The number of pyridine rings is 1. The van der Waals surface area contributed by atoms with Crippen LogP contribution in [0.25, 0.3) is 11.0 Å². The van der Waals surface area contributed by atoms with E-state index in [1.54, 1.807) is 27.8 Å². The molecule has 0 radical (unpaired) electrons. The molecule has 4 heterocycles. The molecule has 2 aliphatic rings. The van der Waals surface area contributed by atoms with Crippen molar-refractivity contribution in [3.63, 3.8) is 0 Å². The van der Waals surface area contributed by atoms with E-state index in [0.717, 1.165) is 0 Å². The summed E-state index contributed by atoms with van der Waals surface area (Å²) in [6.45, 7) is 4.51. The summed E-state index contributed by atoms with van der Waals surface area (Å²) in [7, 11) is 1.94. The first-order chi connectivity index (χ1) is 11.8. The van der Waals surface area contributed by atoms with E-state index >= 15 is 0 Å². The molecule has 1 fully saturated rings. The summed E-state index contributed by atoms with van der Waals surface area (Å²) >= 11 is 1.80. The van der Waals surface area contributed by atoms with Crippen LogP contribution in [-0.2, 0) is 4.79 Å². The van der Waals surface area contributed by atoms with Crippen LogP contribution < -0.4 is 15.9 Å². The molecule has 8 nitrogen and oxygen atoms in total. The Kier molecular flexibility index (Phi) is 3.72. The van der Waals surface area contributed by atoms with Crippen LogP contribution in [0.5, 0.6) is 0 Å². The van der Waals surface area contributed by atoms with Crippen molar-refractivity contribution in [2.75, 3.05) is 30.4 Å². The SMILES string of the molecule is Cc1nc2c3c(nc(=O)n2I)N2CC(C)N(C)CC2C(=O)Nc3c1F. The highest BCUT2D eigenvalue weighted by Gasteiger charge is 2.40. The number of fused-ring (bicyclic) bond motifs is 2. The molecule has 2 atom stereocenters. The van der Waals surface area contributed by atoms with Crippen LogP contribution >= 0.6 is 22.9 Å². The number of carbonyl (C=O) groups is 1. The Balaban J connectivity index is 2.09. The predicted octanol–water partition coefficient (Wildman–Crippen LogP) is 0.898. The van der Waals surface area contributed by atoms with Crippen molar-refractivity contribution in [3.8, 4) is 0 Å². The summed E-state index contributed by atoms with van der Waals surface area (Å²) in [5.74, 6) is -0.590. The average molecular weight is 458 g/mol. The van der Waals surface area contributed by atoms with Crippen LogP contribution in [0.2, 0.25) is 0 Å². The van der Waals surface area contributed by atoms with Gasteiger partial charge in [-0.2, -0.15) is 4.98 Å². The van der Waals surface area contributed by atoms with Gasteiger partial charge in [0, 0.05) is 19.1 Å². The van der Waals surface area contributed by atoms with Gasteiger partial charge in [0.2, 0.25) is 5.91 Å². The highest BCUT2D eigenvalue weighted by molar-refractivity contribution is 14.1. The molecule has 0 saturated carbocycles. The maximum Gasteiger partial charge on any atom is 0.360 e.